The third-order valence-corrected chi connectivity index (χ3v) is 4.08. The highest BCUT2D eigenvalue weighted by Crippen LogP contribution is 2.35. The lowest BCUT2D eigenvalue weighted by Gasteiger charge is -2.23. The molecule has 0 aliphatic heterocycles. The van der Waals surface area contributed by atoms with Crippen molar-refractivity contribution >= 4 is 16.7 Å². The van der Waals surface area contributed by atoms with Crippen LogP contribution < -0.4 is 5.32 Å². The van der Waals surface area contributed by atoms with E-state index in [1.165, 1.54) is 35.5 Å². The number of aromatic nitrogens is 2. The van der Waals surface area contributed by atoms with Crippen LogP contribution >= 0.6 is 11.5 Å². The van der Waals surface area contributed by atoms with Gasteiger partial charge in [0.05, 0.1) is 0 Å². The molecular weight excluding hydrogens is 230 g/mol. The van der Waals surface area contributed by atoms with Crippen molar-refractivity contribution in [3.05, 3.63) is 41.2 Å². The molecule has 1 heterocycles. The van der Waals surface area contributed by atoms with Gasteiger partial charge < -0.3 is 5.32 Å². The fourth-order valence-corrected chi connectivity index (χ4v) is 3.07. The zero-order chi connectivity index (χ0) is 11.7. The number of rotatable bonds is 2. The Morgan fingerprint density at radius 1 is 1.35 bits per heavy atom. The van der Waals surface area contributed by atoms with Crippen LogP contribution in [0.2, 0.25) is 0 Å². The summed E-state index contributed by atoms with van der Waals surface area (Å²) in [6, 6.07) is 8.68. The maximum Gasteiger partial charge on any atom is 0.202 e. The highest BCUT2D eigenvalue weighted by molar-refractivity contribution is 7.09. The van der Waals surface area contributed by atoms with Crippen LogP contribution in [0.1, 0.15) is 35.7 Å². The molecule has 0 spiro atoms. The van der Waals surface area contributed by atoms with E-state index in [1.807, 2.05) is 7.05 Å². The zero-order valence-electron chi connectivity index (χ0n) is 9.81. The smallest absolute Gasteiger partial charge is 0.202 e. The second-order valence-electron chi connectivity index (χ2n) is 4.35. The van der Waals surface area contributed by atoms with Gasteiger partial charge in [-0.05, 0) is 30.4 Å². The van der Waals surface area contributed by atoms with E-state index >= 15 is 0 Å². The zero-order valence-corrected chi connectivity index (χ0v) is 10.6. The maximum absolute atomic E-state index is 4.55. The molecule has 1 aliphatic carbocycles. The summed E-state index contributed by atoms with van der Waals surface area (Å²) in [6.45, 7) is 0. The van der Waals surface area contributed by atoms with E-state index in [0.29, 0.717) is 5.92 Å². The van der Waals surface area contributed by atoms with Gasteiger partial charge in [-0.3, -0.25) is 0 Å². The van der Waals surface area contributed by atoms with Gasteiger partial charge in [0, 0.05) is 24.5 Å². The first kappa shape index (κ1) is 10.7. The summed E-state index contributed by atoms with van der Waals surface area (Å²) in [5, 5.41) is 3.96. The normalized spacial score (nSPS) is 18.8. The number of aryl methyl sites for hydroxylation is 1. The molecule has 0 amide bonds. The Hall–Kier alpha value is -1.42. The summed E-state index contributed by atoms with van der Waals surface area (Å²) in [4.78, 5) is 4.55. The number of nitrogens with zero attached hydrogens (tertiary/aromatic N) is 2. The molecule has 88 valence electrons. The van der Waals surface area contributed by atoms with Gasteiger partial charge in [0.25, 0.3) is 0 Å². The Kier molecular flexibility index (Phi) is 2.81. The molecule has 17 heavy (non-hydrogen) atoms. The molecule has 0 bridgehead atoms. The van der Waals surface area contributed by atoms with Crippen molar-refractivity contribution in [3.8, 4) is 0 Å². The Labute approximate surface area is 105 Å². The Morgan fingerprint density at radius 3 is 3.06 bits per heavy atom. The van der Waals surface area contributed by atoms with E-state index in [9.17, 15) is 0 Å². The van der Waals surface area contributed by atoms with Crippen molar-refractivity contribution in [2.45, 2.75) is 25.2 Å². The molecule has 0 saturated carbocycles. The largest absolute Gasteiger partial charge is 0.363 e. The lowest BCUT2D eigenvalue weighted by molar-refractivity contribution is 0.596. The number of anilines is 1. The molecule has 0 saturated heterocycles. The number of hydrogen-bond donors (Lipinski definition) is 1. The third kappa shape index (κ3) is 1.93. The Morgan fingerprint density at radius 2 is 2.24 bits per heavy atom. The summed E-state index contributed by atoms with van der Waals surface area (Å²) in [5.74, 6) is 1.37. The third-order valence-electron chi connectivity index (χ3n) is 3.34. The van der Waals surface area contributed by atoms with Gasteiger partial charge in [0.2, 0.25) is 5.13 Å². The van der Waals surface area contributed by atoms with Crippen molar-refractivity contribution in [3.63, 3.8) is 0 Å². The van der Waals surface area contributed by atoms with Gasteiger partial charge in [-0.1, -0.05) is 24.3 Å². The monoisotopic (exact) mass is 245 g/mol. The second-order valence-corrected chi connectivity index (χ2v) is 5.10. The average Bonchev–Trinajstić information content (AvgIpc) is 2.87. The average molecular weight is 245 g/mol. The van der Waals surface area contributed by atoms with E-state index in [4.69, 9.17) is 0 Å². The maximum atomic E-state index is 4.55. The fourth-order valence-electron chi connectivity index (χ4n) is 2.50. The van der Waals surface area contributed by atoms with Crippen molar-refractivity contribution in [1.29, 1.82) is 0 Å². The molecule has 1 aromatic heterocycles. The predicted octanol–water partition coefficient (Wildman–Crippen LogP) is 3.05. The number of fused-ring (bicyclic) bond motifs is 1. The van der Waals surface area contributed by atoms with Gasteiger partial charge in [-0.2, -0.15) is 4.37 Å². The molecule has 4 heteroatoms. The van der Waals surface area contributed by atoms with Crippen molar-refractivity contribution in [1.82, 2.24) is 9.36 Å². The lowest BCUT2D eigenvalue weighted by atomic mass is 9.82. The van der Waals surface area contributed by atoms with Crippen molar-refractivity contribution < 1.29 is 0 Å². The van der Waals surface area contributed by atoms with Gasteiger partial charge in [0.15, 0.2) is 5.82 Å². The number of benzene rings is 1. The number of hydrogen-bond acceptors (Lipinski definition) is 4. The Balaban J connectivity index is 1.99. The minimum atomic E-state index is 0.387. The van der Waals surface area contributed by atoms with Crippen LogP contribution in [0.5, 0.6) is 0 Å². The minimum Gasteiger partial charge on any atom is -0.363 e. The predicted molar refractivity (Wildman–Crippen MR) is 70.7 cm³/mol. The first-order valence-electron chi connectivity index (χ1n) is 5.97. The molecule has 1 atom stereocenters. The highest BCUT2D eigenvalue weighted by atomic mass is 32.1. The van der Waals surface area contributed by atoms with Gasteiger partial charge in [-0.25, -0.2) is 4.98 Å². The molecule has 0 radical (unpaired) electrons. The molecule has 1 unspecified atom stereocenters. The first-order valence-corrected chi connectivity index (χ1v) is 6.75. The molecule has 2 aromatic rings. The van der Waals surface area contributed by atoms with Crippen LogP contribution in [-0.2, 0) is 6.42 Å². The topological polar surface area (TPSA) is 37.8 Å². The van der Waals surface area contributed by atoms with E-state index in [1.54, 1.807) is 0 Å². The molecule has 1 aromatic carbocycles. The molecule has 3 nitrogen and oxygen atoms in total. The minimum absolute atomic E-state index is 0.387. The molecule has 1 aliphatic rings. The van der Waals surface area contributed by atoms with Crippen LogP contribution in [0, 0.1) is 0 Å². The first-order chi connectivity index (χ1) is 8.38. The van der Waals surface area contributed by atoms with Gasteiger partial charge >= 0.3 is 0 Å². The highest BCUT2D eigenvalue weighted by Gasteiger charge is 2.24. The second kappa shape index (κ2) is 4.45. The molecular formula is C13H15N3S. The van der Waals surface area contributed by atoms with Gasteiger partial charge in [-0.15, -0.1) is 0 Å². The summed E-state index contributed by atoms with van der Waals surface area (Å²) >= 11 is 1.45. The summed E-state index contributed by atoms with van der Waals surface area (Å²) in [6.07, 6.45) is 3.59. The van der Waals surface area contributed by atoms with E-state index in [-0.39, 0.29) is 0 Å². The summed E-state index contributed by atoms with van der Waals surface area (Å²) < 4.78 is 4.48. The van der Waals surface area contributed by atoms with Crippen LogP contribution in [0.4, 0.5) is 5.13 Å². The Bertz CT molecular complexity index is 521. The number of nitrogens with one attached hydrogen (secondary N) is 1. The van der Waals surface area contributed by atoms with Gasteiger partial charge in [0.1, 0.15) is 0 Å². The SMILES string of the molecule is CNc1nc(C2CCCc3ccccc32)ns1. The van der Waals surface area contributed by atoms with Crippen LogP contribution in [0.25, 0.3) is 0 Å². The molecule has 3 rings (SSSR count). The quantitative estimate of drug-likeness (QED) is 0.883. The summed E-state index contributed by atoms with van der Waals surface area (Å²) in [5.41, 5.74) is 2.88. The lowest BCUT2D eigenvalue weighted by Crippen LogP contribution is -2.12. The summed E-state index contributed by atoms with van der Waals surface area (Å²) in [7, 11) is 1.89. The molecule has 0 fully saturated rings. The standard InChI is InChI=1S/C13H15N3S/c1-14-13-15-12(16-17-13)11-8-4-6-9-5-2-3-7-10(9)11/h2-3,5,7,11H,4,6,8H2,1H3,(H,14,15,16). The van der Waals surface area contributed by atoms with Crippen LogP contribution in [0.3, 0.4) is 0 Å². The molecule has 1 N–H and O–H groups in total. The van der Waals surface area contributed by atoms with Crippen molar-refractivity contribution in [2.75, 3.05) is 12.4 Å². The van der Waals surface area contributed by atoms with Crippen LogP contribution in [0.15, 0.2) is 24.3 Å². The van der Waals surface area contributed by atoms with Crippen molar-refractivity contribution in [2.24, 2.45) is 0 Å². The fraction of sp³-hybridized carbons (Fsp3) is 0.385. The van der Waals surface area contributed by atoms with E-state index in [2.05, 4.69) is 38.9 Å². The van der Waals surface area contributed by atoms with Crippen LogP contribution in [-0.4, -0.2) is 16.4 Å². The van der Waals surface area contributed by atoms with E-state index < -0.39 is 0 Å². The van der Waals surface area contributed by atoms with E-state index in [0.717, 1.165) is 17.4 Å².